The summed E-state index contributed by atoms with van der Waals surface area (Å²) in [6, 6.07) is 40.3. The highest BCUT2D eigenvalue weighted by Crippen LogP contribution is 2.35. The molecule has 4 heteroatoms. The van der Waals surface area contributed by atoms with Crippen molar-refractivity contribution in [3.05, 3.63) is 143 Å². The summed E-state index contributed by atoms with van der Waals surface area (Å²) in [6.45, 7) is 38.3. The van der Waals surface area contributed by atoms with E-state index in [1.807, 2.05) is 65.8 Å². The molecule has 2 atom stereocenters. The number of carbonyl (C=O) groups is 2. The second kappa shape index (κ2) is 28.8. The van der Waals surface area contributed by atoms with Crippen molar-refractivity contribution < 1.29 is 19.1 Å². The Kier molecular flexibility index (Phi) is 25.3. The molecule has 0 fully saturated rings. The molecule has 5 aromatic carbocycles. The summed E-state index contributed by atoms with van der Waals surface area (Å²) >= 11 is 0. The highest BCUT2D eigenvalue weighted by atomic mass is 16.5. The topological polar surface area (TPSA) is 52.6 Å². The van der Waals surface area contributed by atoms with Crippen LogP contribution in [-0.4, -0.2) is 11.9 Å². The van der Waals surface area contributed by atoms with Crippen LogP contribution in [0.1, 0.15) is 234 Å². The molecule has 0 amide bonds. The number of rotatable bonds is 17. The van der Waals surface area contributed by atoms with Crippen molar-refractivity contribution >= 4 is 22.7 Å². The third-order valence-electron chi connectivity index (χ3n) is 14.0. The normalized spacial score (nSPS) is 12.6. The molecular weight excluding hydrogens is 845 g/mol. The minimum atomic E-state index is -0.459. The molecule has 0 aliphatic carbocycles. The van der Waals surface area contributed by atoms with Crippen LogP contribution >= 0.6 is 0 Å². The lowest BCUT2D eigenvalue weighted by Crippen LogP contribution is -2.28. The van der Waals surface area contributed by atoms with Crippen LogP contribution in [0.5, 0.6) is 11.5 Å². The van der Waals surface area contributed by atoms with E-state index in [4.69, 9.17) is 9.47 Å². The van der Waals surface area contributed by atoms with Gasteiger partial charge in [0.15, 0.2) is 0 Å². The molecule has 0 aromatic heterocycles. The SMILES string of the molecule is CCC(C)(C)C(=O)Oc1cc(C(C)(C)C)cc(C(C)(C)C)c1.CCC(C)c1ccc2ccccc2c1.CCC(C)c1ccccc1.CCCCC(CCCC)c1ccc(OC(=O)C(C)(C)CC)cc1. The molecule has 5 rings (SSSR count). The van der Waals surface area contributed by atoms with Gasteiger partial charge in [0.1, 0.15) is 11.5 Å². The number of hydrogen-bond donors (Lipinski definition) is 0. The van der Waals surface area contributed by atoms with Gasteiger partial charge in [0.05, 0.1) is 10.8 Å². The number of carbonyl (C=O) groups excluding carboxylic acids is 2. The third kappa shape index (κ3) is 20.7. The number of unbranched alkanes of at least 4 members (excludes halogenated alkanes) is 2. The monoisotopic (exact) mass is 941 g/mol. The van der Waals surface area contributed by atoms with Crippen molar-refractivity contribution in [1.29, 1.82) is 0 Å². The van der Waals surface area contributed by atoms with Crippen molar-refractivity contribution in [2.75, 3.05) is 0 Å². The first-order valence-electron chi connectivity index (χ1n) is 26.6. The predicted molar refractivity (Wildman–Crippen MR) is 299 cm³/mol. The zero-order valence-electron chi connectivity index (χ0n) is 46.9. The molecule has 0 heterocycles. The minimum Gasteiger partial charge on any atom is -0.426 e. The van der Waals surface area contributed by atoms with E-state index in [9.17, 15) is 9.59 Å². The zero-order chi connectivity index (χ0) is 52.0. The Balaban J connectivity index is 0.000000329. The van der Waals surface area contributed by atoms with Crippen molar-refractivity contribution in [2.24, 2.45) is 10.8 Å². The summed E-state index contributed by atoms with van der Waals surface area (Å²) in [4.78, 5) is 24.5. The second-order valence-corrected chi connectivity index (χ2v) is 22.7. The van der Waals surface area contributed by atoms with Crippen LogP contribution in [0.4, 0.5) is 0 Å². The van der Waals surface area contributed by atoms with Crippen LogP contribution in [0.15, 0.2) is 115 Å². The van der Waals surface area contributed by atoms with E-state index < -0.39 is 10.8 Å². The maximum atomic E-state index is 12.4. The van der Waals surface area contributed by atoms with E-state index in [1.54, 1.807) is 0 Å². The van der Waals surface area contributed by atoms with Gasteiger partial charge < -0.3 is 9.47 Å². The number of esters is 2. The molecule has 0 aliphatic rings. The van der Waals surface area contributed by atoms with E-state index in [-0.39, 0.29) is 22.8 Å². The van der Waals surface area contributed by atoms with E-state index in [0.717, 1.165) is 12.8 Å². The van der Waals surface area contributed by atoms with Crippen LogP contribution in [0.3, 0.4) is 0 Å². The van der Waals surface area contributed by atoms with Gasteiger partial charge in [-0.1, -0.05) is 214 Å². The fraction of sp³-hybridized carbons (Fsp3) is 0.538. The van der Waals surface area contributed by atoms with Gasteiger partial charge in [-0.15, -0.1) is 0 Å². The first kappa shape index (κ1) is 60.4. The van der Waals surface area contributed by atoms with E-state index in [0.29, 0.717) is 29.3 Å². The molecule has 4 nitrogen and oxygen atoms in total. The van der Waals surface area contributed by atoms with Crippen molar-refractivity contribution in [1.82, 2.24) is 0 Å². The Morgan fingerprint density at radius 2 is 0.870 bits per heavy atom. The van der Waals surface area contributed by atoms with Gasteiger partial charge in [-0.2, -0.15) is 0 Å². The molecule has 0 saturated heterocycles. The second-order valence-electron chi connectivity index (χ2n) is 22.7. The largest absolute Gasteiger partial charge is 0.426 e. The fourth-order valence-corrected chi connectivity index (χ4v) is 7.26. The van der Waals surface area contributed by atoms with Gasteiger partial charge in [-0.05, 0) is 158 Å². The van der Waals surface area contributed by atoms with Crippen LogP contribution in [-0.2, 0) is 20.4 Å². The zero-order valence-corrected chi connectivity index (χ0v) is 46.9. The van der Waals surface area contributed by atoms with Gasteiger partial charge in [0, 0.05) is 0 Å². The highest BCUT2D eigenvalue weighted by Gasteiger charge is 2.30. The van der Waals surface area contributed by atoms with Crippen LogP contribution < -0.4 is 9.47 Å². The summed E-state index contributed by atoms with van der Waals surface area (Å²) in [7, 11) is 0. The molecule has 2 unspecified atom stereocenters. The van der Waals surface area contributed by atoms with Crippen LogP contribution in [0.25, 0.3) is 10.8 Å². The molecule has 0 radical (unpaired) electrons. The van der Waals surface area contributed by atoms with Crippen molar-refractivity contribution in [3.63, 3.8) is 0 Å². The number of fused-ring (bicyclic) bond motifs is 1. The van der Waals surface area contributed by atoms with Crippen molar-refractivity contribution in [3.8, 4) is 11.5 Å². The van der Waals surface area contributed by atoms with Gasteiger partial charge in [-0.25, -0.2) is 0 Å². The first-order valence-corrected chi connectivity index (χ1v) is 26.6. The number of benzene rings is 5. The van der Waals surface area contributed by atoms with Gasteiger partial charge in [-0.3, -0.25) is 9.59 Å². The summed E-state index contributed by atoms with van der Waals surface area (Å²) in [5.41, 5.74) is 5.81. The summed E-state index contributed by atoms with van der Waals surface area (Å²) in [5.74, 6) is 3.00. The fourth-order valence-electron chi connectivity index (χ4n) is 7.26. The highest BCUT2D eigenvalue weighted by molar-refractivity contribution is 5.83. The standard InChI is InChI=1S/C21H34O2.C20H32O2.C14H16.C10H14/c1-6-9-11-17(12-10-7-2)18-13-15-19(16-14-18)23-20(22)21(4,5)8-3;1-10-20(8,9)17(21)22-16-12-14(18(2,3)4)11-15(13-16)19(5,6)7;1-3-11(2)13-9-8-12-6-4-5-7-14(12)10-13;1-3-9(2)10-7-5-4-6-8-10/h13-17H,6-12H2,1-5H3;11-13H,10H2,1-9H3;4-11H,3H2,1-2H3;4-9H,3H2,1-2H3. The Morgan fingerprint density at radius 1 is 0.449 bits per heavy atom. The molecular formula is C65H96O4. The molecule has 380 valence electrons. The lowest BCUT2D eigenvalue weighted by Gasteiger charge is -2.27. The average molecular weight is 941 g/mol. The lowest BCUT2D eigenvalue weighted by atomic mass is 9.80. The average Bonchev–Trinajstić information content (AvgIpc) is 3.33. The molecule has 69 heavy (non-hydrogen) atoms. The van der Waals surface area contributed by atoms with Gasteiger partial charge in [0.2, 0.25) is 0 Å². The van der Waals surface area contributed by atoms with E-state index >= 15 is 0 Å². The Morgan fingerprint density at radius 3 is 1.30 bits per heavy atom. The van der Waals surface area contributed by atoms with E-state index in [2.05, 4.69) is 174 Å². The Labute approximate surface area is 422 Å². The van der Waals surface area contributed by atoms with Crippen LogP contribution in [0, 0.1) is 10.8 Å². The number of ether oxygens (including phenoxy) is 2. The molecule has 5 aromatic rings. The molecule has 0 spiro atoms. The minimum absolute atomic E-state index is 0.0166. The van der Waals surface area contributed by atoms with Gasteiger partial charge >= 0.3 is 11.9 Å². The molecule has 0 bridgehead atoms. The smallest absolute Gasteiger partial charge is 0.316 e. The summed E-state index contributed by atoms with van der Waals surface area (Å²) in [5, 5.41) is 2.69. The Hall–Kier alpha value is -4.70. The van der Waals surface area contributed by atoms with Crippen molar-refractivity contribution in [2.45, 2.75) is 217 Å². The van der Waals surface area contributed by atoms with Gasteiger partial charge in [0.25, 0.3) is 0 Å². The Bertz CT molecular complexity index is 2190. The van der Waals surface area contributed by atoms with E-state index in [1.165, 1.54) is 90.0 Å². The summed E-state index contributed by atoms with van der Waals surface area (Å²) in [6.07, 6.45) is 11.5. The quantitative estimate of drug-likeness (QED) is 0.0688. The molecule has 0 N–H and O–H groups in total. The maximum absolute atomic E-state index is 12.4. The predicted octanol–water partition coefficient (Wildman–Crippen LogP) is 19.7. The molecule has 0 aliphatic heterocycles. The number of hydrogen-bond acceptors (Lipinski definition) is 4. The van der Waals surface area contributed by atoms with Crippen LogP contribution in [0.2, 0.25) is 0 Å². The maximum Gasteiger partial charge on any atom is 0.316 e. The summed E-state index contributed by atoms with van der Waals surface area (Å²) < 4.78 is 11.2. The first-order chi connectivity index (χ1) is 32.4. The third-order valence-corrected chi connectivity index (χ3v) is 14.0. The molecule has 0 saturated carbocycles. The lowest BCUT2D eigenvalue weighted by molar-refractivity contribution is -0.144.